The lowest BCUT2D eigenvalue weighted by Gasteiger charge is -2.42. The summed E-state index contributed by atoms with van der Waals surface area (Å²) >= 11 is 0. The van der Waals surface area contributed by atoms with Crippen LogP contribution < -0.4 is 10.6 Å². The second-order valence-corrected chi connectivity index (χ2v) is 15.6. The number of Topliss-reactive ketones (excluding diaryl/α,β-unsaturated/α-hetero) is 1. The van der Waals surface area contributed by atoms with E-state index in [-0.39, 0.29) is 72.0 Å². The molecule has 4 unspecified atom stereocenters. The van der Waals surface area contributed by atoms with Gasteiger partial charge in [0.15, 0.2) is 0 Å². The average molecular weight is 679 g/mol. The zero-order valence-corrected chi connectivity index (χ0v) is 31.2. The molecule has 3 aliphatic rings. The molecule has 3 fully saturated rings. The van der Waals surface area contributed by atoms with Gasteiger partial charge in [0.05, 0.1) is 38.2 Å². The highest BCUT2D eigenvalue weighted by Gasteiger charge is 2.72. The summed E-state index contributed by atoms with van der Waals surface area (Å²) in [6.45, 7) is 17.5. The number of esters is 1. The van der Waals surface area contributed by atoms with Gasteiger partial charge in [-0.2, -0.15) is 0 Å². The van der Waals surface area contributed by atoms with Crippen LogP contribution in [-0.2, 0) is 33.3 Å². The lowest BCUT2D eigenvalue weighted by Crippen LogP contribution is -2.55. The SMILES string of the molecule is COC1C(OC(=O)C[C@@H](COC(=O)NCCCCCCCC(=O)CNCCC(C)C)C(C)C)CC[C@]2(CO2)C1C1(C)O[C@@H]1CC=C(C)C. The number of carbonyl (C=O) groups is 3. The Morgan fingerprint density at radius 2 is 1.73 bits per heavy atom. The minimum Gasteiger partial charge on any atom is -0.460 e. The molecule has 1 spiro atoms. The number of alkyl carbamates (subject to hydrolysis) is 1. The zero-order chi connectivity index (χ0) is 35.3. The summed E-state index contributed by atoms with van der Waals surface area (Å²) in [5.74, 6) is 0.563. The minimum absolute atomic E-state index is 0.0268. The maximum Gasteiger partial charge on any atom is 0.407 e. The van der Waals surface area contributed by atoms with Crippen LogP contribution in [0, 0.1) is 23.7 Å². The van der Waals surface area contributed by atoms with Crippen molar-refractivity contribution in [3.63, 3.8) is 0 Å². The van der Waals surface area contributed by atoms with Gasteiger partial charge in [-0.25, -0.2) is 4.79 Å². The molecule has 0 aromatic rings. The molecule has 1 aliphatic carbocycles. The molecular formula is C38H66N2O8. The molecule has 7 atom stereocenters. The van der Waals surface area contributed by atoms with E-state index in [4.69, 9.17) is 23.7 Å². The molecule has 0 bridgehead atoms. The molecule has 0 radical (unpaired) electrons. The predicted molar refractivity (Wildman–Crippen MR) is 187 cm³/mol. The number of carbonyl (C=O) groups excluding carboxylic acids is 3. The first-order valence-electron chi connectivity index (χ1n) is 18.6. The molecule has 2 saturated heterocycles. The van der Waals surface area contributed by atoms with Gasteiger partial charge in [0.2, 0.25) is 0 Å². The van der Waals surface area contributed by atoms with Crippen molar-refractivity contribution < 1.29 is 38.1 Å². The van der Waals surface area contributed by atoms with Crippen LogP contribution in [0.25, 0.3) is 0 Å². The topological polar surface area (TPSA) is 128 Å². The zero-order valence-electron chi connectivity index (χ0n) is 31.2. The van der Waals surface area contributed by atoms with Crippen LogP contribution >= 0.6 is 0 Å². The Morgan fingerprint density at radius 1 is 1.02 bits per heavy atom. The lowest BCUT2D eigenvalue weighted by atomic mass is 9.68. The Morgan fingerprint density at radius 3 is 2.38 bits per heavy atom. The van der Waals surface area contributed by atoms with E-state index in [0.29, 0.717) is 38.5 Å². The highest BCUT2D eigenvalue weighted by atomic mass is 16.6. The maximum absolute atomic E-state index is 13.2. The normalized spacial score (nSPS) is 28.3. The molecular weight excluding hydrogens is 612 g/mol. The molecule has 10 nitrogen and oxygen atoms in total. The largest absolute Gasteiger partial charge is 0.460 e. The second-order valence-electron chi connectivity index (χ2n) is 15.6. The molecule has 10 heteroatoms. The van der Waals surface area contributed by atoms with Crippen molar-refractivity contribution in [1.29, 1.82) is 0 Å². The number of hydrogen-bond donors (Lipinski definition) is 2. The molecule has 1 amide bonds. The Bertz CT molecular complexity index is 1050. The Labute approximate surface area is 290 Å². The number of amides is 1. The Balaban J connectivity index is 1.33. The summed E-state index contributed by atoms with van der Waals surface area (Å²) in [7, 11) is 1.68. The van der Waals surface area contributed by atoms with Crippen LogP contribution in [0.1, 0.15) is 119 Å². The standard InChI is InChI=1S/C38H66N2O8/c1-26(2)15-16-32-37(7,48-32)35-34(44-8)31(17-19-38(35)25-46-38)47-33(42)22-29(28(5)6)24-45-36(43)40-20-13-11-9-10-12-14-30(41)23-39-21-18-27(3)4/h15,27-29,31-32,34-35,39H,9-14,16-25H2,1-8H3,(H,40,43)/t29-,31?,32+,34?,35?,37?,38-/m0/s1. The van der Waals surface area contributed by atoms with Gasteiger partial charge in [-0.15, -0.1) is 0 Å². The highest BCUT2D eigenvalue weighted by molar-refractivity contribution is 5.80. The van der Waals surface area contributed by atoms with Gasteiger partial charge in [-0.3, -0.25) is 9.59 Å². The first-order valence-corrected chi connectivity index (χ1v) is 18.6. The van der Waals surface area contributed by atoms with Crippen molar-refractivity contribution in [2.45, 2.75) is 149 Å². The summed E-state index contributed by atoms with van der Waals surface area (Å²) in [6.07, 6.45) is 10.1. The van der Waals surface area contributed by atoms with Gasteiger partial charge < -0.3 is 34.3 Å². The summed E-state index contributed by atoms with van der Waals surface area (Å²) in [6, 6.07) is 0. The number of ether oxygens (including phenoxy) is 5. The van der Waals surface area contributed by atoms with Crippen LogP contribution in [0.2, 0.25) is 0 Å². The summed E-state index contributed by atoms with van der Waals surface area (Å²) in [4.78, 5) is 37.6. The first-order chi connectivity index (χ1) is 22.8. The van der Waals surface area contributed by atoms with E-state index in [1.54, 1.807) is 7.11 Å². The number of ketones is 1. The Hall–Kier alpha value is -2.01. The van der Waals surface area contributed by atoms with Crippen molar-refractivity contribution in [3.8, 4) is 0 Å². The van der Waals surface area contributed by atoms with Crippen LogP contribution in [0.4, 0.5) is 4.79 Å². The predicted octanol–water partition coefficient (Wildman–Crippen LogP) is 6.54. The molecule has 276 valence electrons. The number of hydrogen-bond acceptors (Lipinski definition) is 9. The number of unbranched alkanes of at least 4 members (excludes halogenated alkanes) is 4. The monoisotopic (exact) mass is 678 g/mol. The number of methoxy groups -OCH3 is 1. The highest BCUT2D eigenvalue weighted by Crippen LogP contribution is 2.59. The second kappa shape index (κ2) is 19.4. The third-order valence-electron chi connectivity index (χ3n) is 10.4. The van der Waals surface area contributed by atoms with Crippen LogP contribution in [-0.4, -0.2) is 87.3 Å². The average Bonchev–Trinajstić information content (AvgIpc) is 3.94. The number of nitrogens with one attached hydrogen (secondary N) is 2. The third-order valence-corrected chi connectivity index (χ3v) is 10.4. The molecule has 2 heterocycles. The molecule has 48 heavy (non-hydrogen) atoms. The van der Waals surface area contributed by atoms with Gasteiger partial charge in [0.25, 0.3) is 0 Å². The van der Waals surface area contributed by atoms with Crippen molar-refractivity contribution >= 4 is 17.8 Å². The molecule has 3 rings (SSSR count). The van der Waals surface area contributed by atoms with Gasteiger partial charge in [0.1, 0.15) is 29.2 Å². The van der Waals surface area contributed by atoms with Gasteiger partial charge >= 0.3 is 12.1 Å². The van der Waals surface area contributed by atoms with Crippen molar-refractivity contribution in [2.75, 3.05) is 40.0 Å². The third kappa shape index (κ3) is 12.7. The van der Waals surface area contributed by atoms with E-state index in [9.17, 15) is 14.4 Å². The van der Waals surface area contributed by atoms with Crippen molar-refractivity contribution in [3.05, 3.63) is 11.6 Å². The van der Waals surface area contributed by atoms with Gasteiger partial charge in [0, 0.05) is 26.0 Å². The first kappa shape index (κ1) is 40.4. The van der Waals surface area contributed by atoms with Gasteiger partial charge in [-0.1, -0.05) is 58.6 Å². The fraction of sp³-hybridized carbons (Fsp3) is 0.868. The Kier molecular flexibility index (Phi) is 16.3. The molecule has 2 aliphatic heterocycles. The van der Waals surface area contributed by atoms with Gasteiger partial charge in [-0.05, 0) is 77.7 Å². The van der Waals surface area contributed by atoms with E-state index >= 15 is 0 Å². The maximum atomic E-state index is 13.2. The number of rotatable bonds is 23. The molecule has 0 aromatic carbocycles. The summed E-state index contributed by atoms with van der Waals surface area (Å²) in [5.41, 5.74) is 0.601. The summed E-state index contributed by atoms with van der Waals surface area (Å²) in [5, 5.41) is 6.06. The van der Waals surface area contributed by atoms with E-state index in [2.05, 4.69) is 51.3 Å². The van der Waals surface area contributed by atoms with E-state index in [0.717, 1.165) is 57.9 Å². The number of epoxide rings is 2. The van der Waals surface area contributed by atoms with E-state index in [1.165, 1.54) is 5.57 Å². The molecule has 0 aromatic heterocycles. The lowest BCUT2D eigenvalue weighted by molar-refractivity contribution is -0.173. The fourth-order valence-electron chi connectivity index (χ4n) is 7.10. The quantitative estimate of drug-likeness (QED) is 0.0536. The van der Waals surface area contributed by atoms with Crippen LogP contribution in [0.5, 0.6) is 0 Å². The van der Waals surface area contributed by atoms with E-state index < -0.39 is 6.09 Å². The fourth-order valence-corrected chi connectivity index (χ4v) is 7.10. The molecule has 1 saturated carbocycles. The smallest absolute Gasteiger partial charge is 0.407 e. The van der Waals surface area contributed by atoms with E-state index in [1.807, 2.05) is 13.8 Å². The van der Waals surface area contributed by atoms with Crippen molar-refractivity contribution in [2.24, 2.45) is 23.7 Å². The number of allylic oxidation sites excluding steroid dienone is 1. The van der Waals surface area contributed by atoms with Crippen LogP contribution in [0.15, 0.2) is 11.6 Å². The van der Waals surface area contributed by atoms with Crippen molar-refractivity contribution in [1.82, 2.24) is 10.6 Å². The minimum atomic E-state index is -0.464. The molecule has 2 N–H and O–H groups in total. The summed E-state index contributed by atoms with van der Waals surface area (Å²) < 4.78 is 29.9. The van der Waals surface area contributed by atoms with Crippen LogP contribution in [0.3, 0.4) is 0 Å².